The van der Waals surface area contributed by atoms with E-state index < -0.39 is 23.7 Å². The lowest BCUT2D eigenvalue weighted by molar-refractivity contribution is -0.157. The molecule has 8 nitrogen and oxygen atoms in total. The zero-order valence-corrected chi connectivity index (χ0v) is 19.9. The molecule has 2 aliphatic rings. The Balaban J connectivity index is 1.36. The molecule has 1 aliphatic heterocycles. The van der Waals surface area contributed by atoms with Crippen molar-refractivity contribution in [1.82, 2.24) is 10.2 Å². The van der Waals surface area contributed by atoms with Crippen LogP contribution in [0.2, 0.25) is 0 Å². The molecule has 1 heterocycles. The van der Waals surface area contributed by atoms with Gasteiger partial charge in [-0.1, -0.05) is 68.3 Å². The van der Waals surface area contributed by atoms with Crippen molar-refractivity contribution in [2.45, 2.75) is 56.6 Å². The predicted molar refractivity (Wildman–Crippen MR) is 130 cm³/mol. The number of alkyl carbamates (subject to hydrolysis) is 1. The van der Waals surface area contributed by atoms with Gasteiger partial charge < -0.3 is 25.2 Å². The van der Waals surface area contributed by atoms with Crippen LogP contribution < -0.4 is 5.32 Å². The number of likely N-dealkylation sites (tertiary alicyclic amines) is 1. The summed E-state index contributed by atoms with van der Waals surface area (Å²) in [6.07, 6.45) is 1.76. The van der Waals surface area contributed by atoms with Gasteiger partial charge in [-0.25, -0.2) is 9.59 Å². The predicted octanol–water partition coefficient (Wildman–Crippen LogP) is 3.52. The van der Waals surface area contributed by atoms with Crippen LogP contribution >= 0.6 is 0 Å². The van der Waals surface area contributed by atoms with Crippen molar-refractivity contribution in [3.8, 4) is 11.1 Å². The van der Waals surface area contributed by atoms with Gasteiger partial charge in [0.2, 0.25) is 5.91 Å². The van der Waals surface area contributed by atoms with Crippen molar-refractivity contribution in [2.75, 3.05) is 19.7 Å². The number of aliphatic hydroxyl groups is 1. The summed E-state index contributed by atoms with van der Waals surface area (Å²) in [7, 11) is 0. The second-order valence-electron chi connectivity index (χ2n) is 9.42. The molecule has 186 valence electrons. The van der Waals surface area contributed by atoms with Crippen molar-refractivity contribution < 1.29 is 29.3 Å². The maximum atomic E-state index is 12.8. The van der Waals surface area contributed by atoms with E-state index in [1.807, 2.05) is 31.2 Å². The van der Waals surface area contributed by atoms with Gasteiger partial charge in [0.1, 0.15) is 6.61 Å². The highest BCUT2D eigenvalue weighted by atomic mass is 16.5. The number of carbonyl (C=O) groups excluding carboxylic acids is 2. The maximum Gasteiger partial charge on any atom is 0.407 e. The van der Waals surface area contributed by atoms with Gasteiger partial charge in [-0.3, -0.25) is 4.79 Å². The first-order valence-corrected chi connectivity index (χ1v) is 12.2. The fourth-order valence-electron chi connectivity index (χ4n) is 5.00. The Kier molecular flexibility index (Phi) is 7.40. The Hall–Kier alpha value is -3.39. The van der Waals surface area contributed by atoms with Gasteiger partial charge in [0, 0.05) is 31.3 Å². The Morgan fingerprint density at radius 1 is 1.11 bits per heavy atom. The highest BCUT2D eigenvalue weighted by molar-refractivity contribution is 5.83. The molecule has 1 saturated heterocycles. The number of rotatable bonds is 9. The number of nitrogens with zero attached hydrogens (tertiary/aromatic N) is 1. The minimum atomic E-state index is -1.91. The van der Waals surface area contributed by atoms with Gasteiger partial charge in [0.05, 0.1) is 6.54 Å². The third-order valence-electron chi connectivity index (χ3n) is 6.99. The van der Waals surface area contributed by atoms with Crippen LogP contribution in [0.25, 0.3) is 11.1 Å². The molecule has 8 heteroatoms. The zero-order valence-electron chi connectivity index (χ0n) is 19.9. The summed E-state index contributed by atoms with van der Waals surface area (Å²) in [5.41, 5.74) is 2.64. The van der Waals surface area contributed by atoms with Gasteiger partial charge in [-0.05, 0) is 28.7 Å². The van der Waals surface area contributed by atoms with Crippen molar-refractivity contribution >= 4 is 18.0 Å². The summed E-state index contributed by atoms with van der Waals surface area (Å²) in [5.74, 6) is -1.67. The lowest BCUT2D eigenvalue weighted by atomic mass is 9.98. The van der Waals surface area contributed by atoms with Gasteiger partial charge in [-0.2, -0.15) is 0 Å². The quantitative estimate of drug-likeness (QED) is 0.506. The average Bonchev–Trinajstić information content (AvgIpc) is 3.41. The van der Waals surface area contributed by atoms with Crippen molar-refractivity contribution in [1.29, 1.82) is 0 Å². The Bertz CT molecular complexity index is 1060. The van der Waals surface area contributed by atoms with Crippen LogP contribution in [0.5, 0.6) is 0 Å². The fourth-order valence-corrected chi connectivity index (χ4v) is 5.00. The molecule has 3 N–H and O–H groups in total. The van der Waals surface area contributed by atoms with E-state index in [0.29, 0.717) is 6.42 Å². The number of amides is 2. The van der Waals surface area contributed by atoms with Crippen molar-refractivity contribution in [3.05, 3.63) is 59.7 Å². The zero-order chi connectivity index (χ0) is 25.0. The number of unbranched alkanes of at least 4 members (excludes halogenated alkanes) is 1. The molecule has 4 rings (SSSR count). The van der Waals surface area contributed by atoms with Crippen molar-refractivity contribution in [2.24, 2.45) is 0 Å². The van der Waals surface area contributed by atoms with Gasteiger partial charge >= 0.3 is 12.1 Å². The van der Waals surface area contributed by atoms with E-state index in [9.17, 15) is 24.6 Å². The van der Waals surface area contributed by atoms with E-state index >= 15 is 0 Å². The number of aliphatic carboxylic acids is 1. The maximum absolute atomic E-state index is 12.8. The van der Waals surface area contributed by atoms with Gasteiger partial charge in [0.25, 0.3) is 0 Å². The van der Waals surface area contributed by atoms with E-state index in [4.69, 9.17) is 4.74 Å². The van der Waals surface area contributed by atoms with Crippen LogP contribution in [-0.2, 0) is 14.3 Å². The molecule has 2 aromatic rings. The molecule has 2 atom stereocenters. The topological polar surface area (TPSA) is 116 Å². The SMILES string of the molecule is CCCCC(CC(=O)N1CCC(O)(C(=O)O)C1)NC(=O)OCC1c2ccccc2-c2ccccc21. The minimum absolute atomic E-state index is 0.00644. The molecule has 0 aromatic heterocycles. The second-order valence-corrected chi connectivity index (χ2v) is 9.42. The number of β-amino-alcohol motifs (C(OH)–C–C–N with tert-alkyl or cyclic N) is 1. The molecular formula is C27H32N2O6. The highest BCUT2D eigenvalue weighted by Gasteiger charge is 2.44. The van der Waals surface area contributed by atoms with Crippen molar-refractivity contribution in [3.63, 3.8) is 0 Å². The number of fused-ring (bicyclic) bond motifs is 3. The second kappa shape index (κ2) is 10.5. The molecular weight excluding hydrogens is 448 g/mol. The number of benzene rings is 2. The van der Waals surface area contributed by atoms with E-state index in [1.165, 1.54) is 4.90 Å². The summed E-state index contributed by atoms with van der Waals surface area (Å²) in [6, 6.07) is 15.8. The number of hydrogen-bond donors (Lipinski definition) is 3. The summed E-state index contributed by atoms with van der Waals surface area (Å²) in [5, 5.41) is 22.2. The molecule has 0 spiro atoms. The molecule has 1 aliphatic carbocycles. The van der Waals surface area contributed by atoms with Crippen LogP contribution in [0.4, 0.5) is 4.79 Å². The number of carboxylic acid groups (broad SMARTS) is 1. The number of carboxylic acids is 1. The molecule has 35 heavy (non-hydrogen) atoms. The van der Waals surface area contributed by atoms with Crippen LogP contribution in [0, 0.1) is 0 Å². The first-order chi connectivity index (χ1) is 16.8. The van der Waals surface area contributed by atoms with Gasteiger partial charge in [0.15, 0.2) is 5.60 Å². The van der Waals surface area contributed by atoms with E-state index in [1.54, 1.807) is 0 Å². The van der Waals surface area contributed by atoms with Crippen LogP contribution in [0.15, 0.2) is 48.5 Å². The van der Waals surface area contributed by atoms with Gasteiger partial charge in [-0.15, -0.1) is 0 Å². The Labute approximate surface area is 204 Å². The average molecular weight is 481 g/mol. The molecule has 0 bridgehead atoms. The number of hydrogen-bond acceptors (Lipinski definition) is 5. The smallest absolute Gasteiger partial charge is 0.407 e. The fraction of sp³-hybridized carbons (Fsp3) is 0.444. The monoisotopic (exact) mass is 480 g/mol. The van der Waals surface area contributed by atoms with E-state index in [-0.39, 0.29) is 44.4 Å². The molecule has 2 aromatic carbocycles. The lowest BCUT2D eigenvalue weighted by Crippen LogP contribution is -2.44. The van der Waals surface area contributed by atoms with E-state index in [2.05, 4.69) is 29.6 Å². The van der Waals surface area contributed by atoms with Crippen LogP contribution in [-0.4, -0.2) is 64.4 Å². The summed E-state index contributed by atoms with van der Waals surface area (Å²) in [4.78, 5) is 38.1. The lowest BCUT2D eigenvalue weighted by Gasteiger charge is -2.23. The summed E-state index contributed by atoms with van der Waals surface area (Å²) < 4.78 is 5.63. The standard InChI is InChI=1S/C27H32N2O6/c1-2-3-8-18(15-24(30)29-14-13-27(34,17-29)25(31)32)28-26(33)35-16-23-21-11-6-4-9-19(21)20-10-5-7-12-22(20)23/h4-7,9-12,18,23,34H,2-3,8,13-17H2,1H3,(H,28,33)(H,31,32). The third-order valence-corrected chi connectivity index (χ3v) is 6.99. The van der Waals surface area contributed by atoms with E-state index in [0.717, 1.165) is 35.1 Å². The molecule has 2 unspecified atom stereocenters. The first kappa shape index (κ1) is 24.7. The normalized spacial score (nSPS) is 19.7. The molecule has 0 radical (unpaired) electrons. The summed E-state index contributed by atoms with van der Waals surface area (Å²) >= 11 is 0. The Morgan fingerprint density at radius 3 is 2.31 bits per heavy atom. The molecule has 2 amide bonds. The summed E-state index contributed by atoms with van der Waals surface area (Å²) in [6.45, 7) is 2.14. The number of ether oxygens (including phenoxy) is 1. The number of nitrogens with one attached hydrogen (secondary N) is 1. The third kappa shape index (κ3) is 5.32. The number of carbonyl (C=O) groups is 3. The largest absolute Gasteiger partial charge is 0.479 e. The minimum Gasteiger partial charge on any atom is -0.479 e. The first-order valence-electron chi connectivity index (χ1n) is 12.2. The van der Waals surface area contributed by atoms with Crippen LogP contribution in [0.1, 0.15) is 56.1 Å². The Morgan fingerprint density at radius 2 is 1.74 bits per heavy atom. The molecule has 0 saturated carbocycles. The highest BCUT2D eigenvalue weighted by Crippen LogP contribution is 2.44. The molecule has 1 fully saturated rings. The van der Waals surface area contributed by atoms with Crippen LogP contribution in [0.3, 0.4) is 0 Å².